The number of ketones is 1. The molecule has 8 heteroatoms. The van der Waals surface area contributed by atoms with Crippen molar-refractivity contribution in [3.05, 3.63) is 29.8 Å². The molecule has 7 nitrogen and oxygen atoms in total. The molecule has 0 spiro atoms. The van der Waals surface area contributed by atoms with Gasteiger partial charge in [0, 0.05) is 25.2 Å². The summed E-state index contributed by atoms with van der Waals surface area (Å²) in [6.07, 6.45) is 1.94. The summed E-state index contributed by atoms with van der Waals surface area (Å²) in [6.45, 7) is 2.94. The minimum Gasteiger partial charge on any atom is -0.340 e. The van der Waals surface area contributed by atoms with Gasteiger partial charge in [0.1, 0.15) is 0 Å². The number of benzene rings is 1. The second kappa shape index (κ2) is 8.07. The third-order valence-electron chi connectivity index (χ3n) is 4.53. The number of hydrogen-bond donors (Lipinski definition) is 1. The van der Waals surface area contributed by atoms with Gasteiger partial charge in [0.05, 0.1) is 11.4 Å². The summed E-state index contributed by atoms with van der Waals surface area (Å²) in [5, 5.41) is 0. The molecule has 0 aromatic heterocycles. The van der Waals surface area contributed by atoms with Crippen LogP contribution in [0.15, 0.2) is 29.2 Å². The first-order valence-corrected chi connectivity index (χ1v) is 9.74. The second-order valence-electron chi connectivity index (χ2n) is 6.47. The maximum atomic E-state index is 12.3. The number of Topliss-reactive ketones (excluding diaryl/α,β-unsaturated/α-hetero) is 1. The Labute approximate surface area is 149 Å². The van der Waals surface area contributed by atoms with Crippen LogP contribution < -0.4 is 4.72 Å². The van der Waals surface area contributed by atoms with Crippen LogP contribution in [0.25, 0.3) is 0 Å². The van der Waals surface area contributed by atoms with Crippen LogP contribution in [-0.2, 0) is 14.8 Å². The maximum absolute atomic E-state index is 12.3. The predicted octanol–water partition coefficient (Wildman–Crippen LogP) is 0.720. The molecule has 0 unspecified atom stereocenters. The summed E-state index contributed by atoms with van der Waals surface area (Å²) in [6, 6.07) is 5.75. The van der Waals surface area contributed by atoms with E-state index in [0.717, 1.165) is 25.9 Å². The highest BCUT2D eigenvalue weighted by Gasteiger charge is 2.25. The third-order valence-corrected chi connectivity index (χ3v) is 5.94. The quantitative estimate of drug-likeness (QED) is 0.749. The number of likely N-dealkylation sites (N-methyl/N-ethyl adjacent to an activating group) is 2. The van der Waals surface area contributed by atoms with E-state index in [9.17, 15) is 18.0 Å². The van der Waals surface area contributed by atoms with E-state index in [2.05, 4.69) is 9.62 Å². The van der Waals surface area contributed by atoms with Crippen molar-refractivity contribution < 1.29 is 18.0 Å². The molecule has 0 saturated carbocycles. The van der Waals surface area contributed by atoms with E-state index in [1.165, 1.54) is 31.2 Å². The van der Waals surface area contributed by atoms with Crippen molar-refractivity contribution in [3.63, 3.8) is 0 Å². The number of carbonyl (C=O) groups excluding carboxylic acids is 2. The molecule has 0 aliphatic carbocycles. The van der Waals surface area contributed by atoms with Crippen molar-refractivity contribution >= 4 is 21.7 Å². The van der Waals surface area contributed by atoms with Gasteiger partial charge in [0.15, 0.2) is 5.78 Å². The van der Waals surface area contributed by atoms with Gasteiger partial charge >= 0.3 is 0 Å². The van der Waals surface area contributed by atoms with Crippen molar-refractivity contribution in [2.24, 2.45) is 0 Å². The van der Waals surface area contributed by atoms with Gasteiger partial charge in [0.25, 0.3) is 0 Å². The summed E-state index contributed by atoms with van der Waals surface area (Å²) in [5.74, 6) is -0.393. The van der Waals surface area contributed by atoms with Crippen molar-refractivity contribution in [1.82, 2.24) is 14.5 Å². The van der Waals surface area contributed by atoms with E-state index in [1.54, 1.807) is 11.9 Å². The molecule has 1 atom stereocenters. The Morgan fingerprint density at radius 3 is 2.48 bits per heavy atom. The number of rotatable bonds is 6. The van der Waals surface area contributed by atoms with Crippen LogP contribution >= 0.6 is 0 Å². The highest BCUT2D eigenvalue weighted by molar-refractivity contribution is 7.89. The summed E-state index contributed by atoms with van der Waals surface area (Å²) in [4.78, 5) is 27.4. The number of sulfonamides is 1. The van der Waals surface area contributed by atoms with Gasteiger partial charge in [-0.15, -0.1) is 0 Å². The van der Waals surface area contributed by atoms with Crippen molar-refractivity contribution in [2.75, 3.05) is 33.7 Å². The Hall–Kier alpha value is -1.77. The van der Waals surface area contributed by atoms with Gasteiger partial charge in [-0.05, 0) is 45.5 Å². The molecular weight excluding hydrogens is 342 g/mol. The maximum Gasteiger partial charge on any atom is 0.241 e. The number of carbonyl (C=O) groups is 2. The van der Waals surface area contributed by atoms with Gasteiger partial charge < -0.3 is 9.80 Å². The van der Waals surface area contributed by atoms with Crippen LogP contribution in [0.2, 0.25) is 0 Å². The third kappa shape index (κ3) is 5.10. The van der Waals surface area contributed by atoms with Crippen LogP contribution in [-0.4, -0.2) is 69.7 Å². The molecule has 1 aliphatic heterocycles. The van der Waals surface area contributed by atoms with Gasteiger partial charge in [0.2, 0.25) is 15.9 Å². The largest absolute Gasteiger partial charge is 0.340 e. The second-order valence-corrected chi connectivity index (χ2v) is 8.24. The first-order chi connectivity index (χ1) is 11.7. The Bertz CT molecular complexity index is 731. The van der Waals surface area contributed by atoms with Crippen LogP contribution in [0.3, 0.4) is 0 Å². The number of amides is 1. The minimum absolute atomic E-state index is 0.0327. The van der Waals surface area contributed by atoms with Crippen molar-refractivity contribution in [1.29, 1.82) is 0 Å². The van der Waals surface area contributed by atoms with Crippen LogP contribution in [0, 0.1) is 0 Å². The monoisotopic (exact) mass is 367 g/mol. The fraction of sp³-hybridized carbons (Fsp3) is 0.529. The lowest BCUT2D eigenvalue weighted by Crippen LogP contribution is -2.49. The van der Waals surface area contributed by atoms with Gasteiger partial charge in [-0.25, -0.2) is 13.1 Å². The standard InChI is InChI=1S/C17H25N3O4S/c1-13(21)14-6-8-16(9-7-14)25(23,24)18-11-17(22)20(3)15-5-4-10-19(2)12-15/h6-9,15,18H,4-5,10-12H2,1-3H3/t15-/m1/s1. The molecular formula is C17H25N3O4S. The lowest BCUT2D eigenvalue weighted by molar-refractivity contribution is -0.131. The Morgan fingerprint density at radius 2 is 1.92 bits per heavy atom. The van der Waals surface area contributed by atoms with Gasteiger partial charge in [-0.3, -0.25) is 9.59 Å². The summed E-state index contributed by atoms with van der Waals surface area (Å²) >= 11 is 0. The molecule has 1 saturated heterocycles. The fourth-order valence-corrected chi connectivity index (χ4v) is 3.87. The zero-order valence-electron chi connectivity index (χ0n) is 14.9. The van der Waals surface area contributed by atoms with E-state index in [1.807, 2.05) is 7.05 Å². The average Bonchev–Trinajstić information content (AvgIpc) is 2.59. The summed E-state index contributed by atoms with van der Waals surface area (Å²) in [5.41, 5.74) is 0.441. The Kier molecular flexibility index (Phi) is 6.31. The smallest absolute Gasteiger partial charge is 0.241 e. The molecule has 1 N–H and O–H groups in total. The summed E-state index contributed by atoms with van der Waals surface area (Å²) < 4.78 is 26.9. The molecule has 1 amide bonds. The van der Waals surface area contributed by atoms with Gasteiger partial charge in [-0.1, -0.05) is 12.1 Å². The topological polar surface area (TPSA) is 86.8 Å². The van der Waals surface area contributed by atoms with E-state index in [-0.39, 0.29) is 29.2 Å². The van der Waals surface area contributed by atoms with E-state index >= 15 is 0 Å². The molecule has 138 valence electrons. The minimum atomic E-state index is -3.79. The highest BCUT2D eigenvalue weighted by atomic mass is 32.2. The van der Waals surface area contributed by atoms with E-state index in [0.29, 0.717) is 5.56 Å². The predicted molar refractivity (Wildman–Crippen MR) is 94.9 cm³/mol. The molecule has 1 aromatic carbocycles. The number of nitrogens with zero attached hydrogens (tertiary/aromatic N) is 2. The van der Waals surface area contributed by atoms with Gasteiger partial charge in [-0.2, -0.15) is 0 Å². The number of nitrogens with one attached hydrogen (secondary N) is 1. The number of likely N-dealkylation sites (tertiary alicyclic amines) is 1. The normalized spacial score (nSPS) is 18.8. The number of hydrogen-bond acceptors (Lipinski definition) is 5. The van der Waals surface area contributed by atoms with Crippen molar-refractivity contribution in [3.8, 4) is 0 Å². The lowest BCUT2D eigenvalue weighted by atomic mass is 10.1. The molecule has 25 heavy (non-hydrogen) atoms. The number of piperidine rings is 1. The molecule has 1 heterocycles. The molecule has 1 aromatic rings. The molecule has 0 bridgehead atoms. The molecule has 1 aliphatic rings. The van der Waals surface area contributed by atoms with Crippen LogP contribution in [0.1, 0.15) is 30.1 Å². The first kappa shape index (κ1) is 19.6. The van der Waals surface area contributed by atoms with E-state index in [4.69, 9.17) is 0 Å². The summed E-state index contributed by atoms with van der Waals surface area (Å²) in [7, 11) is -0.0698. The average molecular weight is 367 g/mol. The zero-order chi connectivity index (χ0) is 18.6. The first-order valence-electron chi connectivity index (χ1n) is 8.25. The highest BCUT2D eigenvalue weighted by Crippen LogP contribution is 2.14. The van der Waals surface area contributed by atoms with Crippen LogP contribution in [0.5, 0.6) is 0 Å². The fourth-order valence-electron chi connectivity index (χ4n) is 2.89. The van der Waals surface area contributed by atoms with Crippen molar-refractivity contribution in [2.45, 2.75) is 30.7 Å². The lowest BCUT2D eigenvalue weighted by Gasteiger charge is -2.35. The van der Waals surface area contributed by atoms with Crippen LogP contribution in [0.4, 0.5) is 0 Å². The molecule has 2 rings (SSSR count). The van der Waals surface area contributed by atoms with E-state index < -0.39 is 10.0 Å². The Morgan fingerprint density at radius 1 is 1.28 bits per heavy atom. The Balaban J connectivity index is 1.96. The molecule has 0 radical (unpaired) electrons. The molecule has 1 fully saturated rings. The zero-order valence-corrected chi connectivity index (χ0v) is 15.7. The SMILES string of the molecule is CC(=O)c1ccc(S(=O)(=O)NCC(=O)N(C)[C@@H]2CCCN(C)C2)cc1.